The number of nitrogens with zero attached hydrogens (tertiary/aromatic N) is 3. The van der Waals surface area contributed by atoms with E-state index in [1.165, 1.54) is 17.4 Å². The minimum absolute atomic E-state index is 0.0440. The van der Waals surface area contributed by atoms with Gasteiger partial charge in [0.25, 0.3) is 0 Å². The molecule has 2 aliphatic heterocycles. The first-order valence-corrected chi connectivity index (χ1v) is 16.2. The Morgan fingerprint density at radius 2 is 1.98 bits per heavy atom. The summed E-state index contributed by atoms with van der Waals surface area (Å²) in [5.74, 6) is 0.0735. The summed E-state index contributed by atoms with van der Waals surface area (Å²) >= 11 is 14.3. The van der Waals surface area contributed by atoms with Crippen molar-refractivity contribution in [3.05, 3.63) is 57.3 Å². The Morgan fingerprint density at radius 3 is 2.68 bits per heavy atom. The molecule has 0 spiro atoms. The van der Waals surface area contributed by atoms with Crippen LogP contribution < -0.4 is 9.64 Å². The van der Waals surface area contributed by atoms with Crippen LogP contribution in [0.2, 0.25) is 10.0 Å². The van der Waals surface area contributed by atoms with E-state index in [4.69, 9.17) is 46.9 Å². The van der Waals surface area contributed by atoms with Crippen molar-refractivity contribution < 1.29 is 33.4 Å². The molecule has 1 unspecified atom stereocenters. The van der Waals surface area contributed by atoms with Crippen LogP contribution in [0.1, 0.15) is 59.7 Å². The number of piperidine rings is 1. The Labute approximate surface area is 265 Å². The van der Waals surface area contributed by atoms with Crippen LogP contribution in [0.15, 0.2) is 34.9 Å². The van der Waals surface area contributed by atoms with Gasteiger partial charge in [0.15, 0.2) is 5.13 Å². The van der Waals surface area contributed by atoms with Gasteiger partial charge < -0.3 is 23.8 Å². The molecular formula is C31H27Cl2N3O7S. The average molecular weight is 657 g/mol. The van der Waals surface area contributed by atoms with E-state index in [-0.39, 0.29) is 42.2 Å². The first kappa shape index (κ1) is 28.3. The van der Waals surface area contributed by atoms with Crippen LogP contribution in [0.3, 0.4) is 0 Å². The van der Waals surface area contributed by atoms with E-state index in [1.807, 2.05) is 0 Å². The predicted octanol–water partition coefficient (Wildman–Crippen LogP) is 6.71. The molecule has 2 saturated heterocycles. The molecule has 13 heteroatoms. The molecule has 2 aliphatic carbocycles. The van der Waals surface area contributed by atoms with Crippen molar-refractivity contribution in [1.82, 2.24) is 10.1 Å². The highest BCUT2D eigenvalue weighted by Crippen LogP contribution is 2.49. The molecule has 10 nitrogen and oxygen atoms in total. The molecule has 0 radical (unpaired) electrons. The van der Waals surface area contributed by atoms with Gasteiger partial charge >= 0.3 is 5.97 Å². The zero-order chi connectivity index (χ0) is 30.1. The predicted molar refractivity (Wildman–Crippen MR) is 163 cm³/mol. The third kappa shape index (κ3) is 4.85. The minimum atomic E-state index is -1.05. The maximum absolute atomic E-state index is 13.7. The molecular weight excluding hydrogens is 629 g/mol. The lowest BCUT2D eigenvalue weighted by Gasteiger charge is -2.29. The van der Waals surface area contributed by atoms with Crippen molar-refractivity contribution in [3.63, 3.8) is 0 Å². The van der Waals surface area contributed by atoms with Crippen LogP contribution in [0, 0.1) is 5.92 Å². The van der Waals surface area contributed by atoms with Crippen molar-refractivity contribution in [2.75, 3.05) is 18.1 Å². The zero-order valence-electron chi connectivity index (χ0n) is 23.3. The molecule has 4 aliphatic rings. The molecule has 2 bridgehead atoms. The average Bonchev–Trinajstić information content (AvgIpc) is 3.44. The number of ether oxygens (including phenoxy) is 3. The Bertz CT molecular complexity index is 1780. The standard InChI is InChI=1S/C31H27Cl2N3O7S/c32-20-2-1-3-21(33)25(20)26-19(28(43-35-26)14-4-5-14)13-41-22-11-16-10-18(22)29(37)36(16)31-34-27-23(42-17-6-7-40-12-17)8-15(30(38)39)9-24(27)44-31/h1-3,8-9,14,16-18,22H,4-7,10-13H2,(H,38,39)/t16-,17?,18+,22+/m0/s1. The van der Waals surface area contributed by atoms with Gasteiger partial charge in [-0.05, 0) is 49.9 Å². The lowest BCUT2D eigenvalue weighted by atomic mass is 10.0. The molecule has 44 heavy (non-hydrogen) atoms. The van der Waals surface area contributed by atoms with Crippen LogP contribution in [0.5, 0.6) is 5.75 Å². The number of rotatable bonds is 9. The molecule has 4 aromatic rings. The minimum Gasteiger partial charge on any atom is -0.486 e. The fourth-order valence-corrected chi connectivity index (χ4v) is 8.24. The fraction of sp³-hybridized carbons (Fsp3) is 0.419. The molecule has 4 atom stereocenters. The normalized spacial score (nSPS) is 24.6. The fourth-order valence-electron chi connectivity index (χ4n) is 6.56. The number of carboxylic acid groups (broad SMARTS) is 1. The van der Waals surface area contributed by atoms with E-state index in [9.17, 15) is 14.7 Å². The quantitative estimate of drug-likeness (QED) is 0.209. The molecule has 2 aromatic carbocycles. The lowest BCUT2D eigenvalue weighted by Crippen LogP contribution is -2.43. The van der Waals surface area contributed by atoms with Gasteiger partial charge in [-0.3, -0.25) is 9.69 Å². The summed E-state index contributed by atoms with van der Waals surface area (Å²) in [7, 11) is 0. The number of anilines is 1. The van der Waals surface area contributed by atoms with Crippen LogP contribution in [-0.2, 0) is 20.9 Å². The second kappa shape index (κ2) is 11.0. The number of carbonyl (C=O) groups is 2. The summed E-state index contributed by atoms with van der Waals surface area (Å²) < 4.78 is 24.4. The number of thiazole rings is 1. The summed E-state index contributed by atoms with van der Waals surface area (Å²) in [6, 6.07) is 8.33. The maximum Gasteiger partial charge on any atom is 0.335 e. The molecule has 1 N–H and O–H groups in total. The van der Waals surface area contributed by atoms with E-state index >= 15 is 0 Å². The van der Waals surface area contributed by atoms with Crippen LogP contribution in [0.25, 0.3) is 21.5 Å². The van der Waals surface area contributed by atoms with Crippen molar-refractivity contribution in [2.45, 2.75) is 62.9 Å². The second-order valence-electron chi connectivity index (χ2n) is 11.8. The van der Waals surface area contributed by atoms with E-state index in [1.54, 1.807) is 29.2 Å². The van der Waals surface area contributed by atoms with Crippen molar-refractivity contribution in [2.24, 2.45) is 5.92 Å². The highest BCUT2D eigenvalue weighted by atomic mass is 35.5. The summed E-state index contributed by atoms with van der Waals surface area (Å²) in [5.41, 5.74) is 2.69. The first-order valence-electron chi connectivity index (χ1n) is 14.7. The summed E-state index contributed by atoms with van der Waals surface area (Å²) in [6.45, 7) is 1.27. The van der Waals surface area contributed by atoms with Crippen molar-refractivity contribution >= 4 is 61.8 Å². The number of carboxylic acids is 1. The van der Waals surface area contributed by atoms with Gasteiger partial charge in [-0.2, -0.15) is 0 Å². The van der Waals surface area contributed by atoms with Crippen LogP contribution >= 0.6 is 34.5 Å². The number of hydrogen-bond acceptors (Lipinski definition) is 9. The first-order chi connectivity index (χ1) is 21.4. The van der Waals surface area contributed by atoms with Gasteiger partial charge in [0.05, 0.1) is 52.2 Å². The van der Waals surface area contributed by atoms with Gasteiger partial charge in [-0.25, -0.2) is 9.78 Å². The lowest BCUT2D eigenvalue weighted by molar-refractivity contribution is -0.126. The van der Waals surface area contributed by atoms with E-state index in [0.29, 0.717) is 74.4 Å². The van der Waals surface area contributed by atoms with Crippen LogP contribution in [-0.4, -0.2) is 58.6 Å². The molecule has 8 rings (SSSR count). The number of carbonyl (C=O) groups excluding carboxylic acids is 1. The second-order valence-corrected chi connectivity index (χ2v) is 13.6. The van der Waals surface area contributed by atoms with E-state index < -0.39 is 5.97 Å². The molecule has 2 saturated carbocycles. The highest BCUT2D eigenvalue weighted by Gasteiger charge is 2.53. The molecule has 4 fully saturated rings. The van der Waals surface area contributed by atoms with Crippen molar-refractivity contribution in [1.29, 1.82) is 0 Å². The topological polar surface area (TPSA) is 124 Å². The largest absolute Gasteiger partial charge is 0.486 e. The molecule has 4 heterocycles. The summed E-state index contributed by atoms with van der Waals surface area (Å²) in [5, 5.41) is 15.5. The molecule has 228 valence electrons. The third-order valence-electron chi connectivity index (χ3n) is 8.89. The number of fused-ring (bicyclic) bond motifs is 3. The van der Waals surface area contributed by atoms with E-state index in [0.717, 1.165) is 30.6 Å². The SMILES string of the molecule is O=C(O)c1cc(OC2CCOC2)c2nc(N3C(=O)[C@@H]4C[C@H]3C[C@H]4OCc3c(-c4c(Cl)cccc4Cl)noc3C3CC3)sc2c1. The van der Waals surface area contributed by atoms with Crippen LogP contribution in [0.4, 0.5) is 5.13 Å². The monoisotopic (exact) mass is 655 g/mol. The maximum atomic E-state index is 13.7. The Kier molecular flexibility index (Phi) is 7.06. The zero-order valence-corrected chi connectivity index (χ0v) is 25.7. The smallest absolute Gasteiger partial charge is 0.335 e. The van der Waals surface area contributed by atoms with Gasteiger partial charge in [-0.15, -0.1) is 0 Å². The number of halogens is 2. The van der Waals surface area contributed by atoms with Gasteiger partial charge in [0, 0.05) is 29.5 Å². The van der Waals surface area contributed by atoms with Gasteiger partial charge in [0.2, 0.25) is 5.91 Å². The van der Waals surface area contributed by atoms with E-state index in [2.05, 4.69) is 5.16 Å². The molecule has 2 aromatic heterocycles. The highest BCUT2D eigenvalue weighted by molar-refractivity contribution is 7.22. The van der Waals surface area contributed by atoms with Gasteiger partial charge in [-0.1, -0.05) is 45.8 Å². The third-order valence-corrected chi connectivity index (χ3v) is 10.5. The number of aromatic carboxylic acids is 1. The number of aromatic nitrogens is 2. The van der Waals surface area contributed by atoms with Gasteiger partial charge in [0.1, 0.15) is 28.8 Å². The number of hydrogen-bond donors (Lipinski definition) is 1. The Morgan fingerprint density at radius 1 is 1.16 bits per heavy atom. The summed E-state index contributed by atoms with van der Waals surface area (Å²) in [4.78, 5) is 32.1. The van der Waals surface area contributed by atoms with Crippen molar-refractivity contribution in [3.8, 4) is 17.0 Å². The Balaban J connectivity index is 1.03. The number of benzene rings is 2. The molecule has 1 amide bonds. The Hall–Kier alpha value is -3.22. The summed E-state index contributed by atoms with van der Waals surface area (Å²) in [6.07, 6.45) is 3.64. The number of amides is 1.